The van der Waals surface area contributed by atoms with Crippen LogP contribution in [0.3, 0.4) is 0 Å². The fourth-order valence-electron chi connectivity index (χ4n) is 1.91. The summed E-state index contributed by atoms with van der Waals surface area (Å²) in [7, 11) is -3.30. The Hall–Kier alpha value is -1.37. The molecule has 0 unspecified atom stereocenters. The molecule has 0 fully saturated rings. The first-order valence-electron chi connectivity index (χ1n) is 7.11. The summed E-state index contributed by atoms with van der Waals surface area (Å²) >= 11 is 0. The predicted molar refractivity (Wildman–Crippen MR) is 82.5 cm³/mol. The van der Waals surface area contributed by atoms with E-state index in [0.717, 1.165) is 31.7 Å². The Labute approximate surface area is 121 Å². The maximum absolute atomic E-state index is 11.6. The SMILES string of the molecule is CCCN(CCC)c1ccc(NS(=O)(=O)CCC)nn1. The second-order valence-electron chi connectivity index (χ2n) is 4.68. The van der Waals surface area contributed by atoms with Crippen LogP contribution in [0.25, 0.3) is 0 Å². The first kappa shape index (κ1) is 16.7. The third kappa shape index (κ3) is 5.32. The molecule has 0 spiro atoms. The average Bonchev–Trinajstić information content (AvgIpc) is 2.39. The molecule has 1 rings (SSSR count). The maximum atomic E-state index is 11.6. The van der Waals surface area contributed by atoms with Gasteiger partial charge in [-0.15, -0.1) is 10.2 Å². The predicted octanol–water partition coefficient (Wildman–Crippen LogP) is 2.25. The topological polar surface area (TPSA) is 75.2 Å². The number of anilines is 2. The summed E-state index contributed by atoms with van der Waals surface area (Å²) in [5, 5.41) is 8.06. The van der Waals surface area contributed by atoms with Crippen molar-refractivity contribution in [3.05, 3.63) is 12.1 Å². The van der Waals surface area contributed by atoms with Crippen molar-refractivity contribution in [1.29, 1.82) is 0 Å². The molecular formula is C13H24N4O2S. The third-order valence-electron chi connectivity index (χ3n) is 2.69. The van der Waals surface area contributed by atoms with Gasteiger partial charge in [0.25, 0.3) is 0 Å². The van der Waals surface area contributed by atoms with Gasteiger partial charge in [0.15, 0.2) is 11.6 Å². The van der Waals surface area contributed by atoms with Crippen molar-refractivity contribution < 1.29 is 8.42 Å². The van der Waals surface area contributed by atoms with Gasteiger partial charge in [0, 0.05) is 13.1 Å². The second kappa shape index (κ2) is 8.04. The van der Waals surface area contributed by atoms with Gasteiger partial charge in [0.1, 0.15) is 0 Å². The Morgan fingerprint density at radius 3 is 2.15 bits per heavy atom. The van der Waals surface area contributed by atoms with E-state index in [1.807, 2.05) is 13.0 Å². The molecule has 6 nitrogen and oxygen atoms in total. The molecule has 0 bridgehead atoms. The average molecular weight is 300 g/mol. The number of rotatable bonds is 9. The summed E-state index contributed by atoms with van der Waals surface area (Å²) in [6.07, 6.45) is 2.64. The van der Waals surface area contributed by atoms with Crippen LogP contribution >= 0.6 is 0 Å². The van der Waals surface area contributed by atoms with Crippen LogP contribution in [-0.2, 0) is 10.0 Å². The standard InChI is InChI=1S/C13H24N4O2S/c1-4-9-17(10-5-2)13-8-7-12(14-15-13)16-20(18,19)11-6-3/h7-8H,4-6,9-11H2,1-3H3,(H,14,16). The molecule has 1 aromatic heterocycles. The van der Waals surface area contributed by atoms with Crippen LogP contribution in [0.5, 0.6) is 0 Å². The molecule has 0 saturated heterocycles. The summed E-state index contributed by atoms with van der Waals surface area (Å²) in [6.45, 7) is 7.89. The van der Waals surface area contributed by atoms with Crippen LogP contribution in [0.2, 0.25) is 0 Å². The normalized spacial score (nSPS) is 11.3. The van der Waals surface area contributed by atoms with Crippen molar-refractivity contribution in [3.63, 3.8) is 0 Å². The van der Waals surface area contributed by atoms with E-state index in [2.05, 4.69) is 33.7 Å². The van der Waals surface area contributed by atoms with Gasteiger partial charge in [0.05, 0.1) is 5.75 Å². The molecule has 0 aliphatic heterocycles. The molecule has 0 saturated carbocycles. The zero-order valence-corrected chi connectivity index (χ0v) is 13.3. The molecule has 0 radical (unpaired) electrons. The molecule has 7 heteroatoms. The number of aromatic nitrogens is 2. The van der Waals surface area contributed by atoms with Gasteiger partial charge in [-0.25, -0.2) is 8.42 Å². The number of hydrogen-bond donors (Lipinski definition) is 1. The minimum absolute atomic E-state index is 0.0915. The van der Waals surface area contributed by atoms with E-state index in [9.17, 15) is 8.42 Å². The van der Waals surface area contributed by atoms with E-state index in [1.54, 1.807) is 6.07 Å². The van der Waals surface area contributed by atoms with Crippen molar-refractivity contribution in [3.8, 4) is 0 Å². The zero-order valence-electron chi connectivity index (χ0n) is 12.5. The van der Waals surface area contributed by atoms with Crippen molar-refractivity contribution in [2.45, 2.75) is 40.0 Å². The summed E-state index contributed by atoms with van der Waals surface area (Å²) in [5.41, 5.74) is 0. The minimum atomic E-state index is -3.30. The molecule has 0 aromatic carbocycles. The largest absolute Gasteiger partial charge is 0.355 e. The van der Waals surface area contributed by atoms with Crippen LogP contribution in [-0.4, -0.2) is 37.5 Å². The van der Waals surface area contributed by atoms with E-state index in [1.165, 1.54) is 0 Å². The highest BCUT2D eigenvalue weighted by molar-refractivity contribution is 7.92. The van der Waals surface area contributed by atoms with Gasteiger partial charge in [-0.3, -0.25) is 4.72 Å². The summed E-state index contributed by atoms with van der Waals surface area (Å²) in [5.74, 6) is 1.15. The number of sulfonamides is 1. The van der Waals surface area contributed by atoms with E-state index in [4.69, 9.17) is 0 Å². The lowest BCUT2D eigenvalue weighted by atomic mass is 10.3. The Morgan fingerprint density at radius 2 is 1.70 bits per heavy atom. The summed E-state index contributed by atoms with van der Waals surface area (Å²) < 4.78 is 25.7. The Bertz CT molecular complexity index is 482. The van der Waals surface area contributed by atoms with Gasteiger partial charge in [0.2, 0.25) is 10.0 Å². The molecule has 1 aromatic rings. The number of hydrogen-bond acceptors (Lipinski definition) is 5. The Balaban J connectivity index is 2.77. The van der Waals surface area contributed by atoms with Crippen molar-refractivity contribution >= 4 is 21.7 Å². The first-order valence-corrected chi connectivity index (χ1v) is 8.76. The van der Waals surface area contributed by atoms with E-state index in [-0.39, 0.29) is 11.6 Å². The molecule has 1 heterocycles. The highest BCUT2D eigenvalue weighted by Crippen LogP contribution is 2.13. The molecule has 1 N–H and O–H groups in total. The fraction of sp³-hybridized carbons (Fsp3) is 0.692. The second-order valence-corrected chi connectivity index (χ2v) is 6.53. The van der Waals surface area contributed by atoms with Crippen LogP contribution in [0, 0.1) is 0 Å². The maximum Gasteiger partial charge on any atom is 0.233 e. The van der Waals surface area contributed by atoms with Crippen LogP contribution in [0.1, 0.15) is 40.0 Å². The van der Waals surface area contributed by atoms with E-state index in [0.29, 0.717) is 6.42 Å². The lowest BCUT2D eigenvalue weighted by Crippen LogP contribution is -2.26. The van der Waals surface area contributed by atoms with Gasteiger partial charge in [-0.05, 0) is 31.4 Å². The smallest absolute Gasteiger partial charge is 0.233 e. The fourth-order valence-corrected chi connectivity index (χ4v) is 2.98. The molecular weight excluding hydrogens is 276 g/mol. The highest BCUT2D eigenvalue weighted by Gasteiger charge is 2.11. The molecule has 114 valence electrons. The van der Waals surface area contributed by atoms with Gasteiger partial charge >= 0.3 is 0 Å². The highest BCUT2D eigenvalue weighted by atomic mass is 32.2. The van der Waals surface area contributed by atoms with Crippen LogP contribution < -0.4 is 9.62 Å². The van der Waals surface area contributed by atoms with Gasteiger partial charge in [-0.2, -0.15) is 0 Å². The molecule has 20 heavy (non-hydrogen) atoms. The van der Waals surface area contributed by atoms with Gasteiger partial charge < -0.3 is 4.90 Å². The lowest BCUT2D eigenvalue weighted by molar-refractivity contribution is 0.599. The van der Waals surface area contributed by atoms with Crippen LogP contribution in [0.15, 0.2) is 12.1 Å². The summed E-state index contributed by atoms with van der Waals surface area (Å²) in [4.78, 5) is 2.15. The molecule has 0 aliphatic rings. The lowest BCUT2D eigenvalue weighted by Gasteiger charge is -2.21. The monoisotopic (exact) mass is 300 g/mol. The van der Waals surface area contributed by atoms with Crippen molar-refractivity contribution in [2.75, 3.05) is 28.5 Å². The Morgan fingerprint density at radius 1 is 1.05 bits per heavy atom. The van der Waals surface area contributed by atoms with Crippen molar-refractivity contribution in [1.82, 2.24) is 10.2 Å². The molecule has 0 amide bonds. The van der Waals surface area contributed by atoms with E-state index < -0.39 is 10.0 Å². The quantitative estimate of drug-likeness (QED) is 0.757. The minimum Gasteiger partial charge on any atom is -0.355 e. The number of nitrogens with zero attached hydrogens (tertiary/aromatic N) is 3. The zero-order chi connectivity index (χ0) is 15.0. The molecule has 0 aliphatic carbocycles. The summed E-state index contributed by atoms with van der Waals surface area (Å²) in [6, 6.07) is 3.47. The third-order valence-corrected chi connectivity index (χ3v) is 4.16. The van der Waals surface area contributed by atoms with E-state index >= 15 is 0 Å². The molecule has 0 atom stereocenters. The first-order chi connectivity index (χ1) is 9.52. The number of nitrogens with one attached hydrogen (secondary N) is 1. The van der Waals surface area contributed by atoms with Crippen molar-refractivity contribution in [2.24, 2.45) is 0 Å². The van der Waals surface area contributed by atoms with Crippen LogP contribution in [0.4, 0.5) is 11.6 Å². The Kier molecular flexibility index (Phi) is 6.70. The van der Waals surface area contributed by atoms with Gasteiger partial charge in [-0.1, -0.05) is 20.8 Å².